The molecule has 1 atom stereocenters. The first kappa shape index (κ1) is 17.8. The third-order valence-corrected chi connectivity index (χ3v) is 3.80. The highest BCUT2D eigenvalue weighted by Crippen LogP contribution is 2.21. The van der Waals surface area contributed by atoms with Crippen LogP contribution in [0.5, 0.6) is 0 Å². The fraction of sp³-hybridized carbons (Fsp3) is 0.611. The molecule has 128 valence electrons. The van der Waals surface area contributed by atoms with Crippen LogP contribution in [0.1, 0.15) is 45.8 Å². The molecule has 1 heterocycles. The molecule has 0 spiro atoms. The minimum atomic E-state index is -0.554. The molecular weight excluding hydrogens is 292 g/mol. The van der Waals surface area contributed by atoms with Gasteiger partial charge in [-0.3, -0.25) is 4.98 Å². The Morgan fingerprint density at radius 2 is 1.83 bits per heavy atom. The molecule has 0 saturated heterocycles. The van der Waals surface area contributed by atoms with Crippen LogP contribution in [0.25, 0.3) is 11.1 Å². The molecule has 5 heteroatoms. The molecule has 1 aromatic carbocycles. The second-order valence-corrected chi connectivity index (χ2v) is 7.12. The molecule has 1 unspecified atom stereocenters. The second-order valence-electron chi connectivity index (χ2n) is 7.12. The third kappa shape index (κ3) is 5.22. The average Bonchev–Trinajstić information content (AvgIpc) is 2.82. The van der Waals surface area contributed by atoms with E-state index in [2.05, 4.69) is 37.6 Å². The predicted molar refractivity (Wildman–Crippen MR) is 92.5 cm³/mol. The van der Waals surface area contributed by atoms with Gasteiger partial charge in [0.2, 0.25) is 0 Å². The highest BCUT2D eigenvalue weighted by Gasteiger charge is 2.14. The number of aromatic amines is 1. The summed E-state index contributed by atoms with van der Waals surface area (Å²) in [5.74, 6) is 0.749. The van der Waals surface area contributed by atoms with Crippen molar-refractivity contribution in [2.75, 3.05) is 19.6 Å². The smallest absolute Gasteiger partial charge is 0.408 e. The summed E-state index contributed by atoms with van der Waals surface area (Å²) >= 11 is 0. The van der Waals surface area contributed by atoms with Crippen LogP contribution < -0.4 is 5.76 Å². The largest absolute Gasteiger partial charge is 0.417 e. The monoisotopic (exact) mass is 320 g/mol. The Morgan fingerprint density at radius 1 is 1.17 bits per heavy atom. The fourth-order valence-corrected chi connectivity index (χ4v) is 2.93. The Bertz CT molecular complexity index is 662. The number of aliphatic hydroxyl groups is 1. The van der Waals surface area contributed by atoms with Gasteiger partial charge in [0.1, 0.15) is 0 Å². The number of rotatable bonds is 8. The van der Waals surface area contributed by atoms with Gasteiger partial charge in [-0.15, -0.1) is 0 Å². The Labute approximate surface area is 137 Å². The summed E-state index contributed by atoms with van der Waals surface area (Å²) in [6.45, 7) is 11.8. The maximum absolute atomic E-state index is 11.2. The molecule has 0 radical (unpaired) electrons. The lowest BCUT2D eigenvalue weighted by Gasteiger charge is -2.27. The van der Waals surface area contributed by atoms with Crippen LogP contribution in [0.15, 0.2) is 27.4 Å². The lowest BCUT2D eigenvalue weighted by Crippen LogP contribution is -2.33. The molecule has 0 aliphatic rings. The zero-order valence-corrected chi connectivity index (χ0v) is 14.5. The van der Waals surface area contributed by atoms with E-state index in [1.165, 1.54) is 0 Å². The van der Waals surface area contributed by atoms with Crippen LogP contribution >= 0.6 is 0 Å². The van der Waals surface area contributed by atoms with Crippen LogP contribution in [0.2, 0.25) is 0 Å². The number of hydrogen-bond donors (Lipinski definition) is 2. The Hall–Kier alpha value is -1.59. The first-order valence-electron chi connectivity index (χ1n) is 8.38. The molecule has 0 amide bonds. The fourth-order valence-electron chi connectivity index (χ4n) is 2.93. The van der Waals surface area contributed by atoms with Gasteiger partial charge in [0, 0.05) is 19.6 Å². The first-order valence-corrected chi connectivity index (χ1v) is 8.38. The second kappa shape index (κ2) is 7.79. The maximum Gasteiger partial charge on any atom is 0.417 e. The quantitative estimate of drug-likeness (QED) is 0.784. The van der Waals surface area contributed by atoms with Gasteiger partial charge in [0.05, 0.1) is 11.6 Å². The molecule has 0 aliphatic heterocycles. The molecule has 0 fully saturated rings. The molecule has 23 heavy (non-hydrogen) atoms. The summed E-state index contributed by atoms with van der Waals surface area (Å²) in [7, 11) is 0. The average molecular weight is 320 g/mol. The van der Waals surface area contributed by atoms with Gasteiger partial charge in [-0.1, -0.05) is 33.8 Å². The molecule has 2 rings (SSSR count). The van der Waals surface area contributed by atoms with Crippen molar-refractivity contribution in [3.8, 4) is 0 Å². The predicted octanol–water partition coefficient (Wildman–Crippen LogP) is 3.16. The van der Waals surface area contributed by atoms with E-state index in [-0.39, 0.29) is 0 Å². The minimum absolute atomic E-state index is 0.466. The number of aliphatic hydroxyl groups excluding tert-OH is 1. The van der Waals surface area contributed by atoms with E-state index >= 15 is 0 Å². The minimum Gasteiger partial charge on any atom is -0.408 e. The summed E-state index contributed by atoms with van der Waals surface area (Å²) < 4.78 is 5.06. The molecule has 5 nitrogen and oxygen atoms in total. The van der Waals surface area contributed by atoms with E-state index in [0.717, 1.165) is 25.2 Å². The number of oxazole rings is 1. The van der Waals surface area contributed by atoms with Crippen molar-refractivity contribution in [3.63, 3.8) is 0 Å². The number of nitrogens with zero attached hydrogens (tertiary/aromatic N) is 1. The van der Waals surface area contributed by atoms with E-state index in [9.17, 15) is 9.90 Å². The Kier molecular flexibility index (Phi) is 6.02. The van der Waals surface area contributed by atoms with E-state index in [0.29, 0.717) is 29.4 Å². The van der Waals surface area contributed by atoms with Crippen molar-refractivity contribution < 1.29 is 9.52 Å². The SMILES string of the molecule is CC(C)CN(CCC(O)c1ccc2[nH]c(=O)oc2c1)CC(C)C. The summed E-state index contributed by atoms with van der Waals surface area (Å²) in [6, 6.07) is 5.36. The van der Waals surface area contributed by atoms with Crippen molar-refractivity contribution in [2.24, 2.45) is 11.8 Å². The summed E-state index contributed by atoms with van der Waals surface area (Å²) in [6.07, 6.45) is 0.112. The van der Waals surface area contributed by atoms with Crippen molar-refractivity contribution in [2.45, 2.75) is 40.2 Å². The summed E-state index contributed by atoms with van der Waals surface area (Å²) in [4.78, 5) is 16.2. The number of benzene rings is 1. The van der Waals surface area contributed by atoms with E-state index in [1.807, 2.05) is 6.07 Å². The van der Waals surface area contributed by atoms with E-state index in [4.69, 9.17) is 4.42 Å². The van der Waals surface area contributed by atoms with Crippen LogP contribution in [-0.4, -0.2) is 34.6 Å². The van der Waals surface area contributed by atoms with Crippen molar-refractivity contribution in [1.29, 1.82) is 0 Å². The van der Waals surface area contributed by atoms with Crippen molar-refractivity contribution in [3.05, 3.63) is 34.3 Å². The van der Waals surface area contributed by atoms with Gasteiger partial charge in [-0.25, -0.2) is 4.79 Å². The first-order chi connectivity index (χ1) is 10.8. The number of nitrogens with one attached hydrogen (secondary N) is 1. The normalized spacial score (nSPS) is 13.6. The Morgan fingerprint density at radius 3 is 2.43 bits per heavy atom. The van der Waals surface area contributed by atoms with Gasteiger partial charge in [0.25, 0.3) is 0 Å². The highest BCUT2D eigenvalue weighted by atomic mass is 16.4. The van der Waals surface area contributed by atoms with E-state index in [1.54, 1.807) is 12.1 Å². The molecule has 1 aromatic heterocycles. The molecule has 0 saturated carbocycles. The molecule has 0 aliphatic carbocycles. The van der Waals surface area contributed by atoms with Crippen LogP contribution in [0.4, 0.5) is 0 Å². The standard InChI is InChI=1S/C18H28N2O3/c1-12(2)10-20(11-13(3)4)8-7-16(21)14-5-6-15-17(9-14)23-18(22)19-15/h5-6,9,12-13,16,21H,7-8,10-11H2,1-4H3,(H,19,22). The topological polar surface area (TPSA) is 69.5 Å². The summed E-state index contributed by atoms with van der Waals surface area (Å²) in [5, 5.41) is 10.4. The highest BCUT2D eigenvalue weighted by molar-refractivity contribution is 5.72. The molecular formula is C18H28N2O3. The lowest BCUT2D eigenvalue weighted by molar-refractivity contribution is 0.131. The van der Waals surface area contributed by atoms with Crippen molar-refractivity contribution >= 4 is 11.1 Å². The van der Waals surface area contributed by atoms with Gasteiger partial charge >= 0.3 is 5.76 Å². The molecule has 0 bridgehead atoms. The third-order valence-electron chi connectivity index (χ3n) is 3.80. The van der Waals surface area contributed by atoms with Gasteiger partial charge in [-0.2, -0.15) is 0 Å². The van der Waals surface area contributed by atoms with Gasteiger partial charge in [0.15, 0.2) is 5.58 Å². The number of fused-ring (bicyclic) bond motifs is 1. The van der Waals surface area contributed by atoms with Crippen molar-refractivity contribution in [1.82, 2.24) is 9.88 Å². The summed E-state index contributed by atoms with van der Waals surface area (Å²) in [5.41, 5.74) is 1.94. The van der Waals surface area contributed by atoms with Gasteiger partial charge in [-0.05, 0) is 36.0 Å². The zero-order valence-electron chi connectivity index (χ0n) is 14.5. The molecule has 2 N–H and O–H groups in total. The van der Waals surface area contributed by atoms with E-state index < -0.39 is 11.9 Å². The number of aromatic nitrogens is 1. The maximum atomic E-state index is 11.2. The molecule has 2 aromatic rings. The number of hydrogen-bond acceptors (Lipinski definition) is 4. The van der Waals surface area contributed by atoms with Crippen LogP contribution in [0.3, 0.4) is 0 Å². The van der Waals surface area contributed by atoms with Crippen LogP contribution in [0, 0.1) is 11.8 Å². The number of H-pyrrole nitrogens is 1. The lowest BCUT2D eigenvalue weighted by atomic mass is 10.0. The van der Waals surface area contributed by atoms with Gasteiger partial charge < -0.3 is 14.4 Å². The van der Waals surface area contributed by atoms with Crippen LogP contribution in [-0.2, 0) is 0 Å². The zero-order chi connectivity index (χ0) is 17.0. The Balaban J connectivity index is 2.00.